The monoisotopic (exact) mass is 200 g/mol. The van der Waals surface area contributed by atoms with Crippen molar-refractivity contribution in [2.24, 2.45) is 0 Å². The molecule has 0 radical (unpaired) electrons. The zero-order valence-corrected chi connectivity index (χ0v) is 7.76. The van der Waals surface area contributed by atoms with Crippen molar-refractivity contribution in [3.8, 4) is 0 Å². The molecule has 2 heteroatoms. The molecule has 0 amide bonds. The topological polar surface area (TPSA) is 0 Å². The third-order valence-corrected chi connectivity index (χ3v) is 0. The average molecular weight is 199 g/mol. The minimum atomic E-state index is -1.18. The van der Waals surface area contributed by atoms with Crippen molar-refractivity contribution < 1.29 is 4.70 Å². The zero-order chi connectivity index (χ0) is 4.50. The van der Waals surface area contributed by atoms with Gasteiger partial charge in [-0.3, -0.25) is 4.70 Å². The van der Waals surface area contributed by atoms with Crippen LogP contribution in [0, 0.1) is 0 Å². The van der Waals surface area contributed by atoms with E-state index >= 15 is 0 Å². The van der Waals surface area contributed by atoms with Gasteiger partial charge < -0.3 is 0 Å². The third-order valence-electron chi connectivity index (χ3n) is 0. The van der Waals surface area contributed by atoms with Gasteiger partial charge in [0.2, 0.25) is 0 Å². The second-order valence-electron chi connectivity index (χ2n) is 3.00. The summed E-state index contributed by atoms with van der Waals surface area (Å²) in [6, 6.07) is 0. The van der Waals surface area contributed by atoms with Crippen LogP contribution in [0.3, 0.4) is 0 Å². The predicted octanol–water partition coefficient (Wildman–Crippen LogP) is 2.11. The van der Waals surface area contributed by atoms with E-state index in [4.69, 9.17) is 0 Å². The maximum absolute atomic E-state index is 2.40. The normalized spacial score (nSPS) is 10.0. The van der Waals surface area contributed by atoms with Crippen LogP contribution in [0.25, 0.3) is 0 Å². The van der Waals surface area contributed by atoms with Gasteiger partial charge in [0.1, 0.15) is 0 Å². The van der Waals surface area contributed by atoms with Gasteiger partial charge in [-0.05, 0) is 0 Å². The Morgan fingerprint density at radius 2 is 0.833 bits per heavy atom. The Morgan fingerprint density at radius 3 is 0.833 bits per heavy atom. The van der Waals surface area contributed by atoms with E-state index in [0.29, 0.717) is 0 Å². The van der Waals surface area contributed by atoms with Crippen LogP contribution < -0.4 is 0 Å². The molecule has 6 heavy (non-hydrogen) atoms. The fraction of sp³-hybridized carbons (Fsp3) is 1.00. The molecule has 0 heterocycles. The van der Waals surface area contributed by atoms with Crippen LogP contribution in [0.1, 0.15) is 0 Å². The van der Waals surface area contributed by atoms with Crippen molar-refractivity contribution in [2.75, 3.05) is 0 Å². The Kier molecular flexibility index (Phi) is 4.66. The molecule has 0 nitrogen and oxygen atoms in total. The molecule has 0 aliphatic rings. The molecule has 0 rings (SSSR count). The van der Waals surface area contributed by atoms with E-state index < -0.39 is 18.4 Å². The standard InChI is InChI=1S/4CH3.FH.Sn/h4*1H3;1H;. The van der Waals surface area contributed by atoms with E-state index in [9.17, 15) is 0 Å². The first-order valence-electron chi connectivity index (χ1n) is 2.00. The molecule has 40 valence electrons. The fourth-order valence-corrected chi connectivity index (χ4v) is 0. The predicted molar refractivity (Wildman–Crippen MR) is 31.7 cm³/mol. The SMILES string of the molecule is F.[CH3][Sn]([CH3])([CH3])[CH3]. The molecule has 0 aliphatic carbocycles. The minimum absolute atomic E-state index is 0. The summed E-state index contributed by atoms with van der Waals surface area (Å²) in [5, 5.41) is 0. The fourth-order valence-electron chi connectivity index (χ4n) is 0. The molecule has 0 aromatic carbocycles. The van der Waals surface area contributed by atoms with Crippen LogP contribution in [-0.2, 0) is 0 Å². The van der Waals surface area contributed by atoms with Crippen molar-refractivity contribution in [3.05, 3.63) is 0 Å². The van der Waals surface area contributed by atoms with Crippen LogP contribution in [0.2, 0.25) is 19.8 Å². The summed E-state index contributed by atoms with van der Waals surface area (Å²) >= 11 is -1.18. The molecular weight excluding hydrogens is 186 g/mol. The van der Waals surface area contributed by atoms with E-state index in [1.165, 1.54) is 0 Å². The van der Waals surface area contributed by atoms with Crippen molar-refractivity contribution in [1.29, 1.82) is 0 Å². The summed E-state index contributed by atoms with van der Waals surface area (Å²) < 4.78 is 0. The van der Waals surface area contributed by atoms with Gasteiger partial charge in [-0.1, -0.05) is 0 Å². The summed E-state index contributed by atoms with van der Waals surface area (Å²) in [6.07, 6.45) is 0. The van der Waals surface area contributed by atoms with Crippen LogP contribution >= 0.6 is 0 Å². The Bertz CT molecular complexity index is 23.0. The molecule has 0 N–H and O–H groups in total. The number of rotatable bonds is 0. The molecule has 0 atom stereocenters. The second kappa shape index (κ2) is 2.83. The van der Waals surface area contributed by atoms with Crippen molar-refractivity contribution in [3.63, 3.8) is 0 Å². The van der Waals surface area contributed by atoms with E-state index in [1.807, 2.05) is 0 Å². The van der Waals surface area contributed by atoms with Crippen molar-refractivity contribution in [2.45, 2.75) is 19.8 Å². The van der Waals surface area contributed by atoms with Gasteiger partial charge in [0.25, 0.3) is 0 Å². The Balaban J connectivity index is 0. The first-order chi connectivity index (χ1) is 2.00. The van der Waals surface area contributed by atoms with Gasteiger partial charge in [-0.15, -0.1) is 0 Å². The van der Waals surface area contributed by atoms with Gasteiger partial charge in [0.15, 0.2) is 0 Å². The van der Waals surface area contributed by atoms with Gasteiger partial charge in [-0.2, -0.15) is 0 Å². The van der Waals surface area contributed by atoms with Gasteiger partial charge >= 0.3 is 38.1 Å². The summed E-state index contributed by atoms with van der Waals surface area (Å²) in [6.45, 7) is 0. The van der Waals surface area contributed by atoms with Gasteiger partial charge in [-0.25, -0.2) is 0 Å². The molecule has 0 fully saturated rings. The van der Waals surface area contributed by atoms with Gasteiger partial charge in [0, 0.05) is 0 Å². The second-order valence-corrected chi connectivity index (χ2v) is 20.1. The first kappa shape index (κ1) is 9.88. The molecule has 0 unspecified atom stereocenters. The third kappa shape index (κ3) is 124. The van der Waals surface area contributed by atoms with Crippen molar-refractivity contribution >= 4 is 18.4 Å². The van der Waals surface area contributed by atoms with Crippen LogP contribution in [0.15, 0.2) is 0 Å². The number of hydrogen-bond acceptors (Lipinski definition) is 0. The van der Waals surface area contributed by atoms with E-state index in [0.717, 1.165) is 0 Å². The first-order valence-corrected chi connectivity index (χ1v) is 13.4. The van der Waals surface area contributed by atoms with E-state index in [2.05, 4.69) is 19.8 Å². The summed E-state index contributed by atoms with van der Waals surface area (Å²) in [7, 11) is 0. The van der Waals surface area contributed by atoms with Crippen molar-refractivity contribution in [1.82, 2.24) is 0 Å². The van der Waals surface area contributed by atoms with Crippen LogP contribution in [0.5, 0.6) is 0 Å². The molecular formula is C4H13FSn. The Hall–Kier alpha value is 0.729. The zero-order valence-electron chi connectivity index (χ0n) is 4.91. The molecule has 0 saturated heterocycles. The van der Waals surface area contributed by atoms with Crippen LogP contribution in [-0.4, -0.2) is 18.4 Å². The summed E-state index contributed by atoms with van der Waals surface area (Å²) in [5.41, 5.74) is 0. The number of hydrogen-bond donors (Lipinski definition) is 0. The summed E-state index contributed by atoms with van der Waals surface area (Å²) in [4.78, 5) is 9.59. The molecule has 0 bridgehead atoms. The molecule has 0 spiro atoms. The molecule has 0 saturated carbocycles. The Labute approximate surface area is 43.2 Å². The molecule has 0 aromatic heterocycles. The maximum atomic E-state index is 2.40. The van der Waals surface area contributed by atoms with Gasteiger partial charge in [0.05, 0.1) is 0 Å². The Morgan fingerprint density at radius 1 is 0.833 bits per heavy atom. The summed E-state index contributed by atoms with van der Waals surface area (Å²) in [5.74, 6) is 0. The number of halogens is 1. The van der Waals surface area contributed by atoms with Crippen LogP contribution in [0.4, 0.5) is 4.70 Å². The average Bonchev–Trinajstić information content (AvgIpc) is 0.722. The molecule has 0 aliphatic heterocycles. The molecule has 0 aromatic rings. The quantitative estimate of drug-likeness (QED) is 0.524. The van der Waals surface area contributed by atoms with E-state index in [-0.39, 0.29) is 4.70 Å². The van der Waals surface area contributed by atoms with E-state index in [1.54, 1.807) is 0 Å².